The molecule has 0 bridgehead atoms. The number of piperidine rings is 1. The molecule has 0 aliphatic carbocycles. The van der Waals surface area contributed by atoms with Crippen molar-refractivity contribution in [2.24, 2.45) is 5.92 Å². The van der Waals surface area contributed by atoms with Gasteiger partial charge in [-0.25, -0.2) is 8.42 Å². The maximum atomic E-state index is 13.1. The van der Waals surface area contributed by atoms with E-state index < -0.39 is 10.0 Å². The molecule has 1 N–H and O–H groups in total. The maximum absolute atomic E-state index is 13.1. The fourth-order valence-corrected chi connectivity index (χ4v) is 5.61. The first-order valence-electron chi connectivity index (χ1n) is 10.7. The number of sulfonamides is 1. The number of amides is 1. The van der Waals surface area contributed by atoms with Gasteiger partial charge in [-0.3, -0.25) is 4.79 Å². The van der Waals surface area contributed by atoms with Gasteiger partial charge < -0.3 is 19.5 Å². The van der Waals surface area contributed by atoms with Gasteiger partial charge in [-0.2, -0.15) is 4.31 Å². The van der Waals surface area contributed by atoms with Crippen molar-refractivity contribution in [3.63, 3.8) is 0 Å². The van der Waals surface area contributed by atoms with Gasteiger partial charge in [0.25, 0.3) is 0 Å². The molecule has 0 spiro atoms. The number of nitrogens with zero attached hydrogens (tertiary/aromatic N) is 1. The Kier molecular flexibility index (Phi) is 6.57. The Morgan fingerprint density at radius 3 is 2.50 bits per heavy atom. The van der Waals surface area contributed by atoms with E-state index in [-0.39, 0.29) is 35.9 Å². The fraction of sp³-hybridized carbons (Fsp3) is 0.435. The van der Waals surface area contributed by atoms with Gasteiger partial charge in [0, 0.05) is 30.6 Å². The molecule has 0 saturated carbocycles. The molecule has 1 saturated heterocycles. The zero-order chi connectivity index (χ0) is 22.7. The molecule has 2 aliphatic heterocycles. The summed E-state index contributed by atoms with van der Waals surface area (Å²) in [6, 6.07) is 12.0. The summed E-state index contributed by atoms with van der Waals surface area (Å²) in [4.78, 5) is 13.0. The van der Waals surface area contributed by atoms with Crippen LogP contribution in [0.25, 0.3) is 0 Å². The smallest absolute Gasteiger partial charge is 0.243 e. The molecule has 2 aromatic carbocycles. The Hall–Kier alpha value is -2.78. The number of fused-ring (bicyclic) bond motifs is 1. The van der Waals surface area contributed by atoms with Gasteiger partial charge in [0.05, 0.1) is 18.0 Å². The molecule has 1 atom stereocenters. The Morgan fingerprint density at radius 1 is 1.09 bits per heavy atom. The number of nitrogens with one attached hydrogen (secondary N) is 1. The van der Waals surface area contributed by atoms with Crippen LogP contribution in [0.15, 0.2) is 47.4 Å². The SMILES string of the molecule is COc1ccccc1[C@H](C)NC(=O)C1CCN(S(=O)(=O)c2ccc3c(c2)OCCO3)CC1. The minimum Gasteiger partial charge on any atom is -0.496 e. The second-order valence-electron chi connectivity index (χ2n) is 7.96. The Balaban J connectivity index is 1.37. The molecule has 1 fully saturated rings. The minimum atomic E-state index is -3.67. The number of para-hydroxylation sites is 1. The van der Waals surface area contributed by atoms with E-state index in [9.17, 15) is 13.2 Å². The quantitative estimate of drug-likeness (QED) is 0.713. The summed E-state index contributed by atoms with van der Waals surface area (Å²) in [6.07, 6.45) is 0.933. The van der Waals surface area contributed by atoms with E-state index in [1.165, 1.54) is 16.4 Å². The van der Waals surface area contributed by atoms with Crippen molar-refractivity contribution in [3.8, 4) is 17.2 Å². The molecule has 2 aromatic rings. The third-order valence-electron chi connectivity index (χ3n) is 5.94. The number of rotatable bonds is 6. The summed E-state index contributed by atoms with van der Waals surface area (Å²) in [6.45, 7) is 3.33. The predicted octanol–water partition coefficient (Wildman–Crippen LogP) is 2.74. The second-order valence-corrected chi connectivity index (χ2v) is 9.89. The standard InChI is InChI=1S/C23H28N2O6S/c1-16(19-5-3-4-6-20(19)29-2)24-23(26)17-9-11-25(12-10-17)32(27,28)18-7-8-21-22(15-18)31-14-13-30-21/h3-8,15-17H,9-14H2,1-2H3,(H,24,26)/t16-/m0/s1. The first kappa shape index (κ1) is 22.4. The number of ether oxygens (including phenoxy) is 3. The lowest BCUT2D eigenvalue weighted by atomic mass is 9.96. The summed E-state index contributed by atoms with van der Waals surface area (Å²) in [7, 11) is -2.07. The summed E-state index contributed by atoms with van der Waals surface area (Å²) < 4.78 is 44.0. The van der Waals surface area contributed by atoms with E-state index >= 15 is 0 Å². The normalized spacial score (nSPS) is 18.1. The molecular formula is C23H28N2O6S. The van der Waals surface area contributed by atoms with E-state index in [0.29, 0.717) is 37.6 Å². The molecule has 4 rings (SSSR count). The lowest BCUT2D eigenvalue weighted by Crippen LogP contribution is -2.43. The predicted molar refractivity (Wildman–Crippen MR) is 118 cm³/mol. The molecule has 2 heterocycles. The third-order valence-corrected chi connectivity index (χ3v) is 7.83. The van der Waals surface area contributed by atoms with Crippen LogP contribution in [0.1, 0.15) is 31.4 Å². The second kappa shape index (κ2) is 9.38. The number of hydrogen-bond donors (Lipinski definition) is 1. The van der Waals surface area contributed by atoms with Crippen molar-refractivity contribution < 1.29 is 27.4 Å². The average molecular weight is 461 g/mol. The lowest BCUT2D eigenvalue weighted by Gasteiger charge is -2.31. The molecule has 0 aromatic heterocycles. The first-order valence-corrected chi connectivity index (χ1v) is 12.2. The maximum Gasteiger partial charge on any atom is 0.243 e. The Labute approximate surface area is 188 Å². The molecule has 172 valence electrons. The van der Waals surface area contributed by atoms with E-state index in [2.05, 4.69) is 5.32 Å². The van der Waals surface area contributed by atoms with Crippen molar-refractivity contribution in [2.75, 3.05) is 33.4 Å². The van der Waals surface area contributed by atoms with Crippen LogP contribution in [0.4, 0.5) is 0 Å². The van der Waals surface area contributed by atoms with Crippen LogP contribution in [0.2, 0.25) is 0 Å². The number of benzene rings is 2. The number of methoxy groups -OCH3 is 1. The zero-order valence-corrected chi connectivity index (χ0v) is 19.1. The molecule has 2 aliphatic rings. The zero-order valence-electron chi connectivity index (χ0n) is 18.2. The largest absolute Gasteiger partial charge is 0.496 e. The third kappa shape index (κ3) is 4.54. The van der Waals surface area contributed by atoms with Crippen molar-refractivity contribution in [1.29, 1.82) is 0 Å². The van der Waals surface area contributed by atoms with Crippen LogP contribution in [-0.2, 0) is 14.8 Å². The highest BCUT2D eigenvalue weighted by atomic mass is 32.2. The number of hydrogen-bond acceptors (Lipinski definition) is 6. The molecule has 32 heavy (non-hydrogen) atoms. The van der Waals surface area contributed by atoms with Crippen molar-refractivity contribution in [2.45, 2.75) is 30.7 Å². The van der Waals surface area contributed by atoms with E-state index in [0.717, 1.165) is 11.3 Å². The van der Waals surface area contributed by atoms with Crippen LogP contribution in [0, 0.1) is 5.92 Å². The molecule has 0 radical (unpaired) electrons. The summed E-state index contributed by atoms with van der Waals surface area (Å²) >= 11 is 0. The van der Waals surface area contributed by atoms with E-state index in [4.69, 9.17) is 14.2 Å². The van der Waals surface area contributed by atoms with Gasteiger partial charge in [-0.1, -0.05) is 18.2 Å². The fourth-order valence-electron chi connectivity index (χ4n) is 4.12. The minimum absolute atomic E-state index is 0.0696. The van der Waals surface area contributed by atoms with Crippen molar-refractivity contribution >= 4 is 15.9 Å². The van der Waals surface area contributed by atoms with Crippen molar-refractivity contribution in [3.05, 3.63) is 48.0 Å². The van der Waals surface area contributed by atoms with E-state index in [1.54, 1.807) is 13.2 Å². The van der Waals surface area contributed by atoms with Gasteiger partial charge in [0.1, 0.15) is 19.0 Å². The van der Waals surface area contributed by atoms with Gasteiger partial charge in [-0.05, 0) is 38.0 Å². The average Bonchev–Trinajstić information content (AvgIpc) is 2.83. The van der Waals surface area contributed by atoms with Crippen LogP contribution < -0.4 is 19.5 Å². The van der Waals surface area contributed by atoms with E-state index in [1.807, 2.05) is 31.2 Å². The van der Waals surface area contributed by atoms with Crippen molar-refractivity contribution in [1.82, 2.24) is 9.62 Å². The van der Waals surface area contributed by atoms with Crippen LogP contribution in [0.5, 0.6) is 17.2 Å². The lowest BCUT2D eigenvalue weighted by molar-refractivity contribution is -0.126. The molecule has 8 nitrogen and oxygen atoms in total. The summed E-state index contributed by atoms with van der Waals surface area (Å²) in [5.41, 5.74) is 0.905. The highest BCUT2D eigenvalue weighted by molar-refractivity contribution is 7.89. The van der Waals surface area contributed by atoms with Crippen LogP contribution in [-0.4, -0.2) is 52.0 Å². The van der Waals surface area contributed by atoms with Crippen LogP contribution >= 0.6 is 0 Å². The monoisotopic (exact) mass is 460 g/mol. The van der Waals surface area contributed by atoms with Gasteiger partial charge in [-0.15, -0.1) is 0 Å². The number of carbonyl (C=O) groups excluding carboxylic acids is 1. The van der Waals surface area contributed by atoms with Gasteiger partial charge in [0.2, 0.25) is 15.9 Å². The van der Waals surface area contributed by atoms with Gasteiger partial charge >= 0.3 is 0 Å². The first-order chi connectivity index (χ1) is 15.4. The molecular weight excluding hydrogens is 432 g/mol. The number of carbonyl (C=O) groups is 1. The summed E-state index contributed by atoms with van der Waals surface area (Å²) in [5.74, 6) is 1.41. The molecule has 1 amide bonds. The topological polar surface area (TPSA) is 94.2 Å². The highest BCUT2D eigenvalue weighted by Crippen LogP contribution is 2.34. The molecule has 0 unspecified atom stereocenters. The van der Waals surface area contributed by atoms with Crippen LogP contribution in [0.3, 0.4) is 0 Å². The Bertz CT molecular complexity index is 1080. The summed E-state index contributed by atoms with van der Waals surface area (Å²) in [5, 5.41) is 3.04. The highest BCUT2D eigenvalue weighted by Gasteiger charge is 2.33. The van der Waals surface area contributed by atoms with Gasteiger partial charge in [0.15, 0.2) is 11.5 Å². The molecule has 9 heteroatoms. The Morgan fingerprint density at radius 2 is 1.78 bits per heavy atom.